The number of hydrogen-bond donors (Lipinski definition) is 0. The van der Waals surface area contributed by atoms with E-state index in [0.717, 1.165) is 30.1 Å². The highest BCUT2D eigenvalue weighted by molar-refractivity contribution is 5.39. The van der Waals surface area contributed by atoms with E-state index in [0.29, 0.717) is 12.5 Å². The van der Waals surface area contributed by atoms with Crippen molar-refractivity contribution in [2.24, 2.45) is 0 Å². The van der Waals surface area contributed by atoms with E-state index < -0.39 is 0 Å². The summed E-state index contributed by atoms with van der Waals surface area (Å²) in [6, 6.07) is 16.3. The van der Waals surface area contributed by atoms with Gasteiger partial charge in [-0.1, -0.05) is 37.3 Å². The molecule has 2 rings (SSSR count). The van der Waals surface area contributed by atoms with E-state index in [2.05, 4.69) is 31.2 Å². The van der Waals surface area contributed by atoms with Crippen molar-refractivity contribution in [1.29, 1.82) is 0 Å². The maximum atomic E-state index is 5.82. The van der Waals surface area contributed by atoms with Crippen molar-refractivity contribution < 1.29 is 14.2 Å². The third kappa shape index (κ3) is 4.78. The topological polar surface area (TPSA) is 27.7 Å². The van der Waals surface area contributed by atoms with E-state index in [1.165, 1.54) is 5.56 Å². The molecule has 2 aromatic rings. The first-order valence-corrected chi connectivity index (χ1v) is 7.57. The SMILES string of the molecule is COc1cc(OC)cc(C(C)COCCc2ccccc2)c1. The van der Waals surface area contributed by atoms with Crippen LogP contribution in [0.25, 0.3) is 0 Å². The molecule has 0 spiro atoms. The highest BCUT2D eigenvalue weighted by atomic mass is 16.5. The van der Waals surface area contributed by atoms with E-state index >= 15 is 0 Å². The van der Waals surface area contributed by atoms with Crippen LogP contribution in [0.5, 0.6) is 11.5 Å². The molecule has 2 aromatic carbocycles. The Hall–Kier alpha value is -2.00. The highest BCUT2D eigenvalue weighted by Crippen LogP contribution is 2.27. The molecule has 0 aliphatic rings. The average molecular weight is 300 g/mol. The second-order valence-electron chi connectivity index (χ2n) is 5.36. The molecular formula is C19H24O3. The zero-order chi connectivity index (χ0) is 15.8. The summed E-state index contributed by atoms with van der Waals surface area (Å²) >= 11 is 0. The van der Waals surface area contributed by atoms with Gasteiger partial charge in [-0.05, 0) is 29.7 Å². The van der Waals surface area contributed by atoms with Gasteiger partial charge in [-0.25, -0.2) is 0 Å². The zero-order valence-electron chi connectivity index (χ0n) is 13.5. The van der Waals surface area contributed by atoms with Crippen molar-refractivity contribution in [3.8, 4) is 11.5 Å². The van der Waals surface area contributed by atoms with Crippen molar-refractivity contribution in [3.05, 3.63) is 59.7 Å². The summed E-state index contributed by atoms with van der Waals surface area (Å²) in [5.74, 6) is 1.91. The lowest BCUT2D eigenvalue weighted by molar-refractivity contribution is 0.126. The summed E-state index contributed by atoms with van der Waals surface area (Å²) in [5, 5.41) is 0. The van der Waals surface area contributed by atoms with Crippen LogP contribution in [0.1, 0.15) is 24.0 Å². The molecule has 22 heavy (non-hydrogen) atoms. The van der Waals surface area contributed by atoms with Crippen molar-refractivity contribution in [2.45, 2.75) is 19.3 Å². The minimum Gasteiger partial charge on any atom is -0.497 e. The molecule has 0 aliphatic carbocycles. The number of rotatable bonds is 8. The molecule has 3 heteroatoms. The number of hydrogen-bond acceptors (Lipinski definition) is 3. The molecule has 0 saturated carbocycles. The molecule has 1 unspecified atom stereocenters. The summed E-state index contributed by atoms with van der Waals surface area (Å²) in [6.07, 6.45) is 0.939. The predicted octanol–water partition coefficient (Wildman–Crippen LogP) is 4.07. The van der Waals surface area contributed by atoms with Gasteiger partial charge in [0.2, 0.25) is 0 Å². The van der Waals surface area contributed by atoms with Gasteiger partial charge in [0.05, 0.1) is 27.4 Å². The Kier molecular flexibility index (Phi) is 6.28. The molecular weight excluding hydrogens is 276 g/mol. The van der Waals surface area contributed by atoms with Gasteiger partial charge in [-0.3, -0.25) is 0 Å². The van der Waals surface area contributed by atoms with Gasteiger partial charge in [-0.15, -0.1) is 0 Å². The average Bonchev–Trinajstić information content (AvgIpc) is 2.58. The van der Waals surface area contributed by atoms with Crippen LogP contribution in [0.4, 0.5) is 0 Å². The first kappa shape index (κ1) is 16.4. The van der Waals surface area contributed by atoms with Crippen LogP contribution in [-0.4, -0.2) is 27.4 Å². The fourth-order valence-electron chi connectivity index (χ4n) is 2.30. The zero-order valence-corrected chi connectivity index (χ0v) is 13.5. The molecule has 0 fully saturated rings. The molecule has 0 aliphatic heterocycles. The van der Waals surface area contributed by atoms with E-state index in [4.69, 9.17) is 14.2 Å². The summed E-state index contributed by atoms with van der Waals surface area (Å²) in [5.41, 5.74) is 2.47. The molecule has 0 bridgehead atoms. The monoisotopic (exact) mass is 300 g/mol. The summed E-state index contributed by atoms with van der Waals surface area (Å²) in [4.78, 5) is 0. The lowest BCUT2D eigenvalue weighted by Gasteiger charge is -2.15. The van der Waals surface area contributed by atoms with Gasteiger partial charge in [-0.2, -0.15) is 0 Å². The smallest absolute Gasteiger partial charge is 0.122 e. The van der Waals surface area contributed by atoms with Crippen LogP contribution in [0.2, 0.25) is 0 Å². The molecule has 1 atom stereocenters. The lowest BCUT2D eigenvalue weighted by atomic mass is 10.0. The normalized spacial score (nSPS) is 12.0. The quantitative estimate of drug-likeness (QED) is 0.688. The van der Waals surface area contributed by atoms with Crippen molar-refractivity contribution in [3.63, 3.8) is 0 Å². The standard InChI is InChI=1S/C19H24O3/c1-15(14-22-10-9-16-7-5-4-6-8-16)17-11-18(20-2)13-19(12-17)21-3/h4-8,11-13,15H,9-10,14H2,1-3H3. The third-order valence-corrected chi connectivity index (χ3v) is 3.69. The molecule has 3 nitrogen and oxygen atoms in total. The fourth-order valence-corrected chi connectivity index (χ4v) is 2.30. The Balaban J connectivity index is 1.85. The molecule has 0 amide bonds. The summed E-state index contributed by atoms with van der Waals surface area (Å²) in [7, 11) is 3.33. The van der Waals surface area contributed by atoms with Gasteiger partial charge in [0.1, 0.15) is 11.5 Å². The molecule has 0 aromatic heterocycles. The Bertz CT molecular complexity index is 544. The Morgan fingerprint density at radius 3 is 2.14 bits per heavy atom. The number of benzene rings is 2. The maximum Gasteiger partial charge on any atom is 0.122 e. The van der Waals surface area contributed by atoms with Gasteiger partial charge < -0.3 is 14.2 Å². The van der Waals surface area contributed by atoms with E-state index in [9.17, 15) is 0 Å². The second kappa shape index (κ2) is 8.44. The van der Waals surface area contributed by atoms with E-state index in [-0.39, 0.29) is 0 Å². The van der Waals surface area contributed by atoms with Gasteiger partial charge >= 0.3 is 0 Å². The second-order valence-corrected chi connectivity index (χ2v) is 5.36. The van der Waals surface area contributed by atoms with Crippen LogP contribution in [0.3, 0.4) is 0 Å². The van der Waals surface area contributed by atoms with Crippen molar-refractivity contribution in [2.75, 3.05) is 27.4 Å². The van der Waals surface area contributed by atoms with Crippen LogP contribution in [0, 0.1) is 0 Å². The minimum absolute atomic E-state index is 0.291. The Labute approximate surface area is 132 Å². The first-order valence-electron chi connectivity index (χ1n) is 7.57. The van der Waals surface area contributed by atoms with Gasteiger partial charge in [0.25, 0.3) is 0 Å². The Morgan fingerprint density at radius 2 is 1.55 bits per heavy atom. The maximum absolute atomic E-state index is 5.82. The largest absolute Gasteiger partial charge is 0.497 e. The van der Waals surface area contributed by atoms with Crippen molar-refractivity contribution in [1.82, 2.24) is 0 Å². The summed E-state index contributed by atoms with van der Waals surface area (Å²) < 4.78 is 16.4. The predicted molar refractivity (Wildman–Crippen MR) is 88.9 cm³/mol. The van der Waals surface area contributed by atoms with Crippen LogP contribution >= 0.6 is 0 Å². The molecule has 0 N–H and O–H groups in total. The lowest BCUT2D eigenvalue weighted by Crippen LogP contribution is -2.07. The summed E-state index contributed by atoms with van der Waals surface area (Å²) in [6.45, 7) is 3.56. The third-order valence-electron chi connectivity index (χ3n) is 3.69. The molecule has 118 valence electrons. The van der Waals surface area contributed by atoms with Crippen molar-refractivity contribution >= 4 is 0 Å². The number of methoxy groups -OCH3 is 2. The van der Waals surface area contributed by atoms with E-state index in [1.807, 2.05) is 24.3 Å². The van der Waals surface area contributed by atoms with Crippen LogP contribution in [-0.2, 0) is 11.2 Å². The van der Waals surface area contributed by atoms with Gasteiger partial charge in [0, 0.05) is 12.0 Å². The minimum atomic E-state index is 0.291. The molecule has 0 radical (unpaired) electrons. The van der Waals surface area contributed by atoms with Crippen LogP contribution in [0.15, 0.2) is 48.5 Å². The molecule has 0 heterocycles. The highest BCUT2D eigenvalue weighted by Gasteiger charge is 2.09. The first-order chi connectivity index (χ1) is 10.7. The Morgan fingerprint density at radius 1 is 0.909 bits per heavy atom. The fraction of sp³-hybridized carbons (Fsp3) is 0.368. The molecule has 0 saturated heterocycles. The number of ether oxygens (including phenoxy) is 3. The van der Waals surface area contributed by atoms with Gasteiger partial charge in [0.15, 0.2) is 0 Å². The van der Waals surface area contributed by atoms with E-state index in [1.54, 1.807) is 14.2 Å². The van der Waals surface area contributed by atoms with Crippen LogP contribution < -0.4 is 9.47 Å².